The number of hydrogen-bond acceptors (Lipinski definition) is 4. The van der Waals surface area contributed by atoms with Crippen LogP contribution >= 0.6 is 0 Å². The molecule has 0 saturated carbocycles. The Morgan fingerprint density at radius 3 is 2.53 bits per heavy atom. The van der Waals surface area contributed by atoms with E-state index in [1.165, 1.54) is 24.3 Å². The number of ketones is 1. The largest absolute Gasteiger partial charge is 0.326 e. The van der Waals surface area contributed by atoms with Gasteiger partial charge in [0.1, 0.15) is 5.82 Å². The highest BCUT2D eigenvalue weighted by atomic mass is 19.1. The topological polar surface area (TPSA) is 76.9 Å². The highest BCUT2D eigenvalue weighted by Crippen LogP contribution is 2.15. The fourth-order valence-electron chi connectivity index (χ4n) is 3.23. The molecule has 6 nitrogen and oxygen atoms in total. The van der Waals surface area contributed by atoms with Crippen LogP contribution in [0.15, 0.2) is 79.3 Å². The molecular formula is C25H21FN4O2. The molecule has 32 heavy (non-hydrogen) atoms. The lowest BCUT2D eigenvalue weighted by molar-refractivity contribution is -0.115. The van der Waals surface area contributed by atoms with Gasteiger partial charge in [0.05, 0.1) is 18.3 Å². The van der Waals surface area contributed by atoms with Gasteiger partial charge in [0.2, 0.25) is 5.91 Å². The number of pyridine rings is 1. The standard InChI is InChI=1S/C25H21FN4O2/c1-17-5-6-18(14-27-17)11-24(31)20-3-2-4-23(13-20)30-16-19(15-28-30)12-25(32)29-22-9-7-21(26)8-10-22/h2-10,13-16H,11-12H2,1H3,(H,29,32). The smallest absolute Gasteiger partial charge is 0.228 e. The molecule has 4 rings (SSSR count). The van der Waals surface area contributed by atoms with E-state index in [9.17, 15) is 14.0 Å². The summed E-state index contributed by atoms with van der Waals surface area (Å²) in [5.41, 5.74) is 4.31. The van der Waals surface area contributed by atoms with E-state index in [0.29, 0.717) is 16.8 Å². The van der Waals surface area contributed by atoms with Crippen molar-refractivity contribution < 1.29 is 14.0 Å². The van der Waals surface area contributed by atoms with Crippen LogP contribution in [0, 0.1) is 12.7 Å². The van der Waals surface area contributed by atoms with Crippen molar-refractivity contribution in [2.45, 2.75) is 19.8 Å². The zero-order valence-corrected chi connectivity index (χ0v) is 17.5. The molecule has 1 amide bonds. The first-order chi connectivity index (χ1) is 15.5. The first kappa shape index (κ1) is 21.1. The van der Waals surface area contributed by atoms with Crippen molar-refractivity contribution in [2.75, 3.05) is 5.32 Å². The van der Waals surface area contributed by atoms with Gasteiger partial charge in [-0.05, 0) is 60.5 Å². The molecule has 7 heteroatoms. The van der Waals surface area contributed by atoms with Gasteiger partial charge in [-0.25, -0.2) is 9.07 Å². The van der Waals surface area contributed by atoms with E-state index >= 15 is 0 Å². The lowest BCUT2D eigenvalue weighted by atomic mass is 10.0. The van der Waals surface area contributed by atoms with Crippen molar-refractivity contribution in [1.29, 1.82) is 0 Å². The predicted octanol–water partition coefficient (Wildman–Crippen LogP) is 4.32. The molecule has 0 unspecified atom stereocenters. The van der Waals surface area contributed by atoms with Crippen LogP contribution in [0.3, 0.4) is 0 Å². The molecule has 2 aromatic heterocycles. The number of aryl methyl sites for hydroxylation is 1. The summed E-state index contributed by atoms with van der Waals surface area (Å²) in [6, 6.07) is 16.6. The third-order valence-corrected chi connectivity index (χ3v) is 4.90. The lowest BCUT2D eigenvalue weighted by Gasteiger charge is -2.06. The number of Topliss-reactive ketones (excluding diaryl/α,β-unsaturated/α-hetero) is 1. The molecule has 0 fully saturated rings. The first-order valence-corrected chi connectivity index (χ1v) is 10.1. The number of halogens is 1. The van der Waals surface area contributed by atoms with Gasteiger partial charge in [-0.1, -0.05) is 18.2 Å². The van der Waals surface area contributed by atoms with Crippen LogP contribution in [0.2, 0.25) is 0 Å². The highest BCUT2D eigenvalue weighted by molar-refractivity contribution is 5.98. The summed E-state index contributed by atoms with van der Waals surface area (Å²) in [5, 5.41) is 7.04. The number of carbonyl (C=O) groups is 2. The fourth-order valence-corrected chi connectivity index (χ4v) is 3.23. The summed E-state index contributed by atoms with van der Waals surface area (Å²) >= 11 is 0. The van der Waals surface area contributed by atoms with Crippen LogP contribution in [0.4, 0.5) is 10.1 Å². The fraction of sp³-hybridized carbons (Fsp3) is 0.120. The summed E-state index contributed by atoms with van der Waals surface area (Å²) in [4.78, 5) is 29.2. The minimum absolute atomic E-state index is 0.0106. The Morgan fingerprint density at radius 2 is 1.78 bits per heavy atom. The van der Waals surface area contributed by atoms with Crippen LogP contribution in [-0.2, 0) is 17.6 Å². The Bertz CT molecular complexity index is 1250. The molecule has 0 aliphatic heterocycles. The van der Waals surface area contributed by atoms with E-state index in [1.807, 2.05) is 25.1 Å². The highest BCUT2D eigenvalue weighted by Gasteiger charge is 2.11. The van der Waals surface area contributed by atoms with Crippen molar-refractivity contribution in [2.24, 2.45) is 0 Å². The normalized spacial score (nSPS) is 10.7. The number of nitrogens with one attached hydrogen (secondary N) is 1. The van der Waals surface area contributed by atoms with E-state index in [-0.39, 0.29) is 30.3 Å². The molecular weight excluding hydrogens is 407 g/mol. The Labute approximate surface area is 184 Å². The summed E-state index contributed by atoms with van der Waals surface area (Å²) in [7, 11) is 0. The maximum absolute atomic E-state index is 13.0. The van der Waals surface area contributed by atoms with Gasteiger partial charge in [-0.2, -0.15) is 5.10 Å². The number of amides is 1. The SMILES string of the molecule is Cc1ccc(CC(=O)c2cccc(-n3cc(CC(=O)Nc4ccc(F)cc4)cn3)c2)cn1. The van der Waals surface area contributed by atoms with Crippen molar-refractivity contribution in [3.05, 3.63) is 107 Å². The molecule has 1 N–H and O–H groups in total. The molecule has 0 spiro atoms. The number of anilines is 1. The summed E-state index contributed by atoms with van der Waals surface area (Å²) in [5.74, 6) is -0.601. The summed E-state index contributed by atoms with van der Waals surface area (Å²) < 4.78 is 14.6. The van der Waals surface area contributed by atoms with Crippen LogP contribution in [0.25, 0.3) is 5.69 Å². The van der Waals surface area contributed by atoms with E-state index in [4.69, 9.17) is 0 Å². The summed E-state index contributed by atoms with van der Waals surface area (Å²) in [6.45, 7) is 1.90. The van der Waals surface area contributed by atoms with E-state index < -0.39 is 0 Å². The Morgan fingerprint density at radius 1 is 0.969 bits per heavy atom. The number of hydrogen-bond donors (Lipinski definition) is 1. The third kappa shape index (κ3) is 5.31. The van der Waals surface area contributed by atoms with Crippen molar-refractivity contribution in [1.82, 2.24) is 14.8 Å². The van der Waals surface area contributed by atoms with E-state index in [0.717, 1.165) is 16.9 Å². The Balaban J connectivity index is 1.42. The maximum atomic E-state index is 13.0. The van der Waals surface area contributed by atoms with Crippen molar-refractivity contribution >= 4 is 17.4 Å². The van der Waals surface area contributed by atoms with Gasteiger partial charge in [-0.15, -0.1) is 0 Å². The quantitative estimate of drug-likeness (QED) is 0.445. The predicted molar refractivity (Wildman–Crippen MR) is 119 cm³/mol. The van der Waals surface area contributed by atoms with Crippen molar-refractivity contribution in [3.63, 3.8) is 0 Å². The van der Waals surface area contributed by atoms with Gasteiger partial charge >= 0.3 is 0 Å². The van der Waals surface area contributed by atoms with Gasteiger partial charge in [0.15, 0.2) is 5.78 Å². The zero-order chi connectivity index (χ0) is 22.5. The summed E-state index contributed by atoms with van der Waals surface area (Å²) in [6.07, 6.45) is 5.46. The number of rotatable bonds is 7. The third-order valence-electron chi connectivity index (χ3n) is 4.90. The van der Waals surface area contributed by atoms with Crippen LogP contribution in [-0.4, -0.2) is 26.5 Å². The molecule has 2 heterocycles. The minimum atomic E-state index is -0.361. The second kappa shape index (κ2) is 9.34. The molecule has 2 aromatic carbocycles. The van der Waals surface area contributed by atoms with Gasteiger partial charge < -0.3 is 5.32 Å². The Kier molecular flexibility index (Phi) is 6.17. The van der Waals surface area contributed by atoms with Crippen LogP contribution < -0.4 is 5.32 Å². The van der Waals surface area contributed by atoms with E-state index in [1.54, 1.807) is 41.5 Å². The zero-order valence-electron chi connectivity index (χ0n) is 17.5. The molecule has 4 aromatic rings. The molecule has 0 saturated heterocycles. The lowest BCUT2D eigenvalue weighted by Crippen LogP contribution is -2.14. The first-order valence-electron chi connectivity index (χ1n) is 10.1. The van der Waals surface area contributed by atoms with Crippen LogP contribution in [0.5, 0.6) is 0 Å². The van der Waals surface area contributed by atoms with Gasteiger partial charge in [0, 0.05) is 35.8 Å². The number of aromatic nitrogens is 3. The van der Waals surface area contributed by atoms with E-state index in [2.05, 4.69) is 15.4 Å². The number of carbonyl (C=O) groups excluding carboxylic acids is 2. The molecule has 160 valence electrons. The number of nitrogens with zero attached hydrogens (tertiary/aromatic N) is 3. The van der Waals surface area contributed by atoms with Gasteiger partial charge in [0.25, 0.3) is 0 Å². The molecule has 0 bridgehead atoms. The molecule has 0 aliphatic carbocycles. The number of benzene rings is 2. The maximum Gasteiger partial charge on any atom is 0.228 e. The molecule has 0 radical (unpaired) electrons. The average molecular weight is 428 g/mol. The Hall–Kier alpha value is -4.13. The van der Waals surface area contributed by atoms with Crippen molar-refractivity contribution in [3.8, 4) is 5.69 Å². The molecule has 0 atom stereocenters. The van der Waals surface area contributed by atoms with Crippen LogP contribution in [0.1, 0.15) is 27.2 Å². The second-order valence-electron chi connectivity index (χ2n) is 7.48. The minimum Gasteiger partial charge on any atom is -0.326 e. The average Bonchev–Trinajstić information content (AvgIpc) is 3.25. The second-order valence-corrected chi connectivity index (χ2v) is 7.48. The van der Waals surface area contributed by atoms with Gasteiger partial charge in [-0.3, -0.25) is 14.6 Å². The molecule has 0 aliphatic rings. The monoisotopic (exact) mass is 428 g/mol.